The summed E-state index contributed by atoms with van der Waals surface area (Å²) in [7, 11) is 1.61. The number of methoxy groups -OCH3 is 1. The smallest absolute Gasteiger partial charge is 0.157 e. The highest BCUT2D eigenvalue weighted by Gasteiger charge is 2.07. The molecule has 0 fully saturated rings. The van der Waals surface area contributed by atoms with Gasteiger partial charge in [0.25, 0.3) is 0 Å². The van der Waals surface area contributed by atoms with Crippen molar-refractivity contribution in [1.82, 2.24) is 0 Å². The summed E-state index contributed by atoms with van der Waals surface area (Å²) in [5.74, 6) is 0.473. The topological polar surface area (TPSA) is 61.7 Å². The lowest BCUT2D eigenvalue weighted by Crippen LogP contribution is -2.00. The third-order valence-electron chi connectivity index (χ3n) is 2.76. The van der Waals surface area contributed by atoms with Gasteiger partial charge in [0, 0.05) is 17.1 Å². The summed E-state index contributed by atoms with van der Waals surface area (Å²) < 4.78 is 7.00. The van der Waals surface area contributed by atoms with Crippen molar-refractivity contribution in [3.63, 3.8) is 0 Å². The van der Waals surface area contributed by atoms with Crippen LogP contribution in [0, 0.1) is 0 Å². The van der Waals surface area contributed by atoms with Gasteiger partial charge in [0.1, 0.15) is 5.75 Å². The number of anilines is 1. The maximum atomic E-state index is 9.46. The van der Waals surface area contributed by atoms with Crippen molar-refractivity contribution in [2.75, 3.05) is 12.4 Å². The zero-order valence-electron chi connectivity index (χ0n) is 10.7. The van der Waals surface area contributed by atoms with Crippen molar-refractivity contribution >= 4 is 37.5 Å². The van der Waals surface area contributed by atoms with Crippen LogP contribution in [0.3, 0.4) is 0 Å². The van der Waals surface area contributed by atoms with Gasteiger partial charge in [-0.3, -0.25) is 0 Å². The van der Waals surface area contributed by atoms with Gasteiger partial charge in [-0.25, -0.2) is 0 Å². The third-order valence-corrected chi connectivity index (χ3v) is 4.04. The van der Waals surface area contributed by atoms with E-state index in [1.807, 2.05) is 12.1 Å². The van der Waals surface area contributed by atoms with Crippen molar-refractivity contribution in [2.24, 2.45) is 0 Å². The number of phenolic OH excluding ortho intramolecular Hbond substituents is 2. The first kappa shape index (κ1) is 15.0. The predicted molar refractivity (Wildman–Crippen MR) is 85.5 cm³/mol. The van der Waals surface area contributed by atoms with Crippen molar-refractivity contribution < 1.29 is 14.9 Å². The fourth-order valence-corrected chi connectivity index (χ4v) is 2.99. The predicted octanol–water partition coefficient (Wildman–Crippen LogP) is 4.24. The van der Waals surface area contributed by atoms with Crippen LogP contribution in [0.25, 0.3) is 0 Å². The molecular weight excluding hydrogens is 390 g/mol. The molecule has 6 heteroatoms. The minimum atomic E-state index is -0.128. The van der Waals surface area contributed by atoms with Crippen LogP contribution in [0.5, 0.6) is 17.2 Å². The molecule has 106 valence electrons. The summed E-state index contributed by atoms with van der Waals surface area (Å²) in [6.07, 6.45) is 0. The Hall–Kier alpha value is -1.40. The zero-order chi connectivity index (χ0) is 14.7. The minimum Gasteiger partial charge on any atom is -0.504 e. The van der Waals surface area contributed by atoms with E-state index in [1.54, 1.807) is 13.2 Å². The highest BCUT2D eigenvalue weighted by molar-refractivity contribution is 9.11. The van der Waals surface area contributed by atoms with E-state index in [0.29, 0.717) is 6.54 Å². The summed E-state index contributed by atoms with van der Waals surface area (Å²) in [5.41, 5.74) is 1.73. The van der Waals surface area contributed by atoms with Crippen LogP contribution < -0.4 is 10.1 Å². The average Bonchev–Trinajstić information content (AvgIpc) is 2.41. The number of ether oxygens (including phenoxy) is 1. The molecule has 0 radical (unpaired) electrons. The van der Waals surface area contributed by atoms with Gasteiger partial charge in [-0.05, 0) is 55.6 Å². The lowest BCUT2D eigenvalue weighted by molar-refractivity contribution is 0.403. The molecule has 0 unspecified atom stereocenters. The first-order valence-corrected chi connectivity index (χ1v) is 7.37. The Labute approximate surface area is 133 Å². The maximum Gasteiger partial charge on any atom is 0.157 e. The molecule has 0 spiro atoms. The molecule has 4 nitrogen and oxygen atoms in total. The Morgan fingerprint density at radius 1 is 1.05 bits per heavy atom. The second kappa shape index (κ2) is 6.37. The number of rotatable bonds is 4. The van der Waals surface area contributed by atoms with Crippen LogP contribution in [0.1, 0.15) is 5.56 Å². The Morgan fingerprint density at radius 2 is 1.80 bits per heavy atom. The van der Waals surface area contributed by atoms with Gasteiger partial charge in [-0.2, -0.15) is 0 Å². The summed E-state index contributed by atoms with van der Waals surface area (Å²) in [6, 6.07) is 8.49. The summed E-state index contributed by atoms with van der Waals surface area (Å²) in [4.78, 5) is 0. The van der Waals surface area contributed by atoms with Crippen molar-refractivity contribution in [2.45, 2.75) is 6.54 Å². The molecule has 20 heavy (non-hydrogen) atoms. The lowest BCUT2D eigenvalue weighted by atomic mass is 10.2. The molecular formula is C14H13Br2NO3. The number of nitrogens with one attached hydrogen (secondary N) is 1. The fraction of sp³-hybridized carbons (Fsp3) is 0.143. The first-order valence-electron chi connectivity index (χ1n) is 5.79. The molecule has 0 aromatic heterocycles. The van der Waals surface area contributed by atoms with Gasteiger partial charge in [-0.15, -0.1) is 0 Å². The number of hydrogen-bond acceptors (Lipinski definition) is 4. The van der Waals surface area contributed by atoms with Crippen LogP contribution >= 0.6 is 31.9 Å². The molecule has 2 rings (SSSR count). The molecule has 0 heterocycles. The number of halogens is 2. The Kier molecular flexibility index (Phi) is 4.77. The molecule has 0 amide bonds. The van der Waals surface area contributed by atoms with Crippen LogP contribution in [0.2, 0.25) is 0 Å². The number of phenols is 2. The molecule has 2 aromatic carbocycles. The summed E-state index contributed by atoms with van der Waals surface area (Å²) >= 11 is 6.88. The Bertz CT molecular complexity index is 632. The Morgan fingerprint density at radius 3 is 2.45 bits per heavy atom. The van der Waals surface area contributed by atoms with E-state index in [0.717, 1.165) is 25.9 Å². The van der Waals surface area contributed by atoms with Crippen molar-refractivity contribution in [3.8, 4) is 17.2 Å². The minimum absolute atomic E-state index is 0.125. The van der Waals surface area contributed by atoms with Crippen LogP contribution in [-0.4, -0.2) is 17.3 Å². The quantitative estimate of drug-likeness (QED) is 0.669. The molecule has 0 saturated carbocycles. The molecule has 3 N–H and O–H groups in total. The molecule has 2 aromatic rings. The van der Waals surface area contributed by atoms with E-state index in [2.05, 4.69) is 37.2 Å². The van der Waals surface area contributed by atoms with Gasteiger partial charge in [0.05, 0.1) is 17.3 Å². The van der Waals surface area contributed by atoms with Gasteiger partial charge in [-0.1, -0.05) is 6.07 Å². The average molecular weight is 403 g/mol. The van der Waals surface area contributed by atoms with E-state index in [1.165, 1.54) is 12.1 Å². The molecule has 0 bridgehead atoms. The summed E-state index contributed by atoms with van der Waals surface area (Å²) in [5, 5.41) is 22.0. The van der Waals surface area contributed by atoms with E-state index in [4.69, 9.17) is 4.74 Å². The SMILES string of the molecule is COc1cc(NCc2ccc(O)c(O)c2)c(Br)cc1Br. The van der Waals surface area contributed by atoms with Gasteiger partial charge in [0.15, 0.2) is 11.5 Å². The zero-order valence-corrected chi connectivity index (χ0v) is 13.8. The van der Waals surface area contributed by atoms with Crippen LogP contribution in [0.4, 0.5) is 5.69 Å². The number of aromatic hydroxyl groups is 2. The van der Waals surface area contributed by atoms with Crippen LogP contribution in [-0.2, 0) is 6.54 Å². The third kappa shape index (κ3) is 3.37. The van der Waals surface area contributed by atoms with E-state index >= 15 is 0 Å². The maximum absolute atomic E-state index is 9.46. The monoisotopic (exact) mass is 401 g/mol. The molecule has 0 aliphatic carbocycles. The number of hydrogen-bond donors (Lipinski definition) is 3. The standard InChI is InChI=1S/C14H13Br2NO3/c1-20-14-6-11(9(15)5-10(14)16)17-7-8-2-3-12(18)13(19)4-8/h2-6,17-19H,7H2,1H3. The second-order valence-electron chi connectivity index (χ2n) is 4.14. The van der Waals surface area contributed by atoms with Crippen LogP contribution in [0.15, 0.2) is 39.3 Å². The molecule has 0 atom stereocenters. The highest BCUT2D eigenvalue weighted by Crippen LogP contribution is 2.35. The summed E-state index contributed by atoms with van der Waals surface area (Å²) in [6.45, 7) is 0.511. The molecule has 0 saturated heterocycles. The van der Waals surface area contributed by atoms with E-state index in [9.17, 15) is 10.2 Å². The second-order valence-corrected chi connectivity index (χ2v) is 5.85. The molecule has 0 aliphatic rings. The lowest BCUT2D eigenvalue weighted by Gasteiger charge is -2.12. The Balaban J connectivity index is 2.16. The molecule has 0 aliphatic heterocycles. The van der Waals surface area contributed by atoms with E-state index in [-0.39, 0.29) is 11.5 Å². The largest absolute Gasteiger partial charge is 0.504 e. The fourth-order valence-electron chi connectivity index (χ4n) is 1.70. The normalized spacial score (nSPS) is 10.3. The van der Waals surface area contributed by atoms with Gasteiger partial charge < -0.3 is 20.3 Å². The van der Waals surface area contributed by atoms with Crippen molar-refractivity contribution in [1.29, 1.82) is 0 Å². The highest BCUT2D eigenvalue weighted by atomic mass is 79.9. The number of benzene rings is 2. The van der Waals surface area contributed by atoms with Gasteiger partial charge in [0.2, 0.25) is 0 Å². The van der Waals surface area contributed by atoms with E-state index < -0.39 is 0 Å². The first-order chi connectivity index (χ1) is 9.51. The van der Waals surface area contributed by atoms with Crippen molar-refractivity contribution in [3.05, 3.63) is 44.8 Å². The van der Waals surface area contributed by atoms with Gasteiger partial charge >= 0.3 is 0 Å².